The third-order valence-corrected chi connectivity index (χ3v) is 5.34. The summed E-state index contributed by atoms with van der Waals surface area (Å²) < 4.78 is 10.5. The quantitative estimate of drug-likeness (QED) is 0.607. The summed E-state index contributed by atoms with van der Waals surface area (Å²) in [7, 11) is 3.13. The van der Waals surface area contributed by atoms with Crippen molar-refractivity contribution in [3.05, 3.63) is 58.1 Å². The number of aromatic nitrogens is 1. The molecule has 0 saturated carbocycles. The molecule has 0 spiro atoms. The third-order valence-electron chi connectivity index (χ3n) is 4.27. The highest BCUT2D eigenvalue weighted by atomic mass is 32.1. The van der Waals surface area contributed by atoms with E-state index in [1.807, 2.05) is 26.0 Å². The first-order chi connectivity index (χ1) is 13.4. The van der Waals surface area contributed by atoms with Crippen LogP contribution in [0.25, 0.3) is 0 Å². The molecular weight excluding hydrogens is 374 g/mol. The Hall–Kier alpha value is -3.06. The number of carbonyl (C=O) groups excluding carboxylic acids is 1. The average molecular weight is 398 g/mol. The minimum atomic E-state index is -0.212. The van der Waals surface area contributed by atoms with Gasteiger partial charge in [-0.25, -0.2) is 4.98 Å². The Morgan fingerprint density at radius 1 is 1.00 bits per heavy atom. The first kappa shape index (κ1) is 19.7. The number of hydrogen-bond acceptors (Lipinski definition) is 6. The van der Waals surface area contributed by atoms with Gasteiger partial charge < -0.3 is 20.1 Å². The zero-order chi connectivity index (χ0) is 20.3. The molecule has 0 saturated heterocycles. The van der Waals surface area contributed by atoms with E-state index in [0.29, 0.717) is 32.9 Å². The van der Waals surface area contributed by atoms with Gasteiger partial charge in [-0.2, -0.15) is 0 Å². The average Bonchev–Trinajstić information content (AvgIpc) is 3.04. The van der Waals surface area contributed by atoms with E-state index < -0.39 is 0 Å². The van der Waals surface area contributed by atoms with E-state index >= 15 is 0 Å². The zero-order valence-electron chi connectivity index (χ0n) is 16.5. The lowest BCUT2D eigenvalue weighted by molar-refractivity contribution is 0.103. The molecule has 1 amide bonds. The molecule has 3 rings (SSSR count). The summed E-state index contributed by atoms with van der Waals surface area (Å²) in [4.78, 5) is 17.8. The van der Waals surface area contributed by atoms with Gasteiger partial charge in [0, 0.05) is 17.4 Å². The summed E-state index contributed by atoms with van der Waals surface area (Å²) >= 11 is 1.32. The Balaban J connectivity index is 1.78. The number of thiazole rings is 1. The number of methoxy groups -OCH3 is 2. The largest absolute Gasteiger partial charge is 0.493 e. The Morgan fingerprint density at radius 3 is 2.43 bits per heavy atom. The number of carbonyl (C=O) groups is 1. The summed E-state index contributed by atoms with van der Waals surface area (Å²) in [6.45, 7) is 5.93. The van der Waals surface area contributed by atoms with Crippen LogP contribution in [0, 0.1) is 20.8 Å². The van der Waals surface area contributed by atoms with Crippen LogP contribution in [0.4, 0.5) is 16.5 Å². The Bertz CT molecular complexity index is 1010. The fraction of sp³-hybridized carbons (Fsp3) is 0.238. The molecule has 0 aliphatic rings. The van der Waals surface area contributed by atoms with Crippen LogP contribution in [-0.4, -0.2) is 25.1 Å². The molecule has 0 atom stereocenters. The highest BCUT2D eigenvalue weighted by Crippen LogP contribution is 2.31. The summed E-state index contributed by atoms with van der Waals surface area (Å²) in [5.41, 5.74) is 4.61. The molecule has 6 nitrogen and oxygen atoms in total. The maximum Gasteiger partial charge on any atom is 0.267 e. The van der Waals surface area contributed by atoms with Crippen molar-refractivity contribution in [2.75, 3.05) is 24.9 Å². The summed E-state index contributed by atoms with van der Waals surface area (Å²) in [6.07, 6.45) is 0. The van der Waals surface area contributed by atoms with Gasteiger partial charge in [0.25, 0.3) is 5.91 Å². The van der Waals surface area contributed by atoms with Gasteiger partial charge in [0.2, 0.25) is 0 Å². The second-order valence-electron chi connectivity index (χ2n) is 6.40. The minimum Gasteiger partial charge on any atom is -0.493 e. The monoisotopic (exact) mass is 397 g/mol. The van der Waals surface area contributed by atoms with Gasteiger partial charge in [-0.05, 0) is 44.5 Å². The highest BCUT2D eigenvalue weighted by molar-refractivity contribution is 7.17. The van der Waals surface area contributed by atoms with Crippen molar-refractivity contribution in [1.82, 2.24) is 4.98 Å². The van der Waals surface area contributed by atoms with Crippen LogP contribution in [0.2, 0.25) is 0 Å². The molecule has 28 heavy (non-hydrogen) atoms. The van der Waals surface area contributed by atoms with Crippen molar-refractivity contribution in [3.63, 3.8) is 0 Å². The lowest BCUT2D eigenvalue weighted by atomic mass is 10.1. The zero-order valence-corrected chi connectivity index (χ0v) is 17.4. The SMILES string of the molecule is COc1ccc(NC(=O)c2sc(Nc3ccc(C)cc3C)nc2C)cc1OC. The number of amides is 1. The number of nitrogens with one attached hydrogen (secondary N) is 2. The smallest absolute Gasteiger partial charge is 0.267 e. The number of anilines is 3. The second kappa shape index (κ2) is 8.31. The molecule has 0 unspecified atom stereocenters. The molecule has 2 N–H and O–H groups in total. The van der Waals surface area contributed by atoms with Gasteiger partial charge in [0.15, 0.2) is 16.6 Å². The summed E-state index contributed by atoms with van der Waals surface area (Å²) in [6, 6.07) is 11.4. The predicted molar refractivity (Wildman–Crippen MR) is 114 cm³/mol. The molecular formula is C21H23N3O3S. The number of benzene rings is 2. The normalized spacial score (nSPS) is 10.5. The molecule has 146 valence electrons. The van der Waals surface area contributed by atoms with E-state index in [1.54, 1.807) is 32.4 Å². The van der Waals surface area contributed by atoms with E-state index in [4.69, 9.17) is 9.47 Å². The Morgan fingerprint density at radius 2 is 1.75 bits per heavy atom. The fourth-order valence-corrected chi connectivity index (χ4v) is 3.71. The van der Waals surface area contributed by atoms with Crippen molar-refractivity contribution >= 4 is 33.8 Å². The molecule has 3 aromatic rings. The van der Waals surface area contributed by atoms with Crippen molar-refractivity contribution < 1.29 is 14.3 Å². The van der Waals surface area contributed by atoms with Crippen LogP contribution in [0.1, 0.15) is 26.5 Å². The molecule has 1 heterocycles. The van der Waals surface area contributed by atoms with Crippen molar-refractivity contribution in [2.45, 2.75) is 20.8 Å². The fourth-order valence-electron chi connectivity index (χ4n) is 2.83. The molecule has 0 radical (unpaired) electrons. The number of hydrogen-bond donors (Lipinski definition) is 2. The van der Waals surface area contributed by atoms with Crippen LogP contribution < -0.4 is 20.1 Å². The summed E-state index contributed by atoms with van der Waals surface area (Å²) in [5.74, 6) is 0.948. The van der Waals surface area contributed by atoms with E-state index in [2.05, 4.69) is 28.6 Å². The number of rotatable bonds is 6. The Labute approximate surface area is 168 Å². The van der Waals surface area contributed by atoms with E-state index in [9.17, 15) is 4.79 Å². The van der Waals surface area contributed by atoms with Gasteiger partial charge in [-0.1, -0.05) is 29.0 Å². The summed E-state index contributed by atoms with van der Waals surface area (Å²) in [5, 5.41) is 6.88. The molecule has 0 aliphatic heterocycles. The standard InChI is InChI=1S/C21H23N3O3S/c1-12-6-8-16(13(2)10-12)24-21-22-14(3)19(28-21)20(25)23-15-7-9-17(26-4)18(11-15)27-5/h6-11H,1-5H3,(H,22,24)(H,23,25). The number of ether oxygens (including phenoxy) is 2. The molecule has 0 fully saturated rings. The van der Waals surface area contributed by atoms with Gasteiger partial charge in [-0.15, -0.1) is 0 Å². The van der Waals surface area contributed by atoms with E-state index in [1.165, 1.54) is 16.9 Å². The van der Waals surface area contributed by atoms with Crippen LogP contribution in [-0.2, 0) is 0 Å². The van der Waals surface area contributed by atoms with Crippen molar-refractivity contribution in [1.29, 1.82) is 0 Å². The van der Waals surface area contributed by atoms with Gasteiger partial charge in [-0.3, -0.25) is 4.79 Å². The maximum atomic E-state index is 12.7. The lowest BCUT2D eigenvalue weighted by Gasteiger charge is -2.10. The second-order valence-corrected chi connectivity index (χ2v) is 7.40. The highest BCUT2D eigenvalue weighted by Gasteiger charge is 2.17. The molecule has 0 aliphatic carbocycles. The molecule has 0 bridgehead atoms. The maximum absolute atomic E-state index is 12.7. The van der Waals surface area contributed by atoms with Gasteiger partial charge in [0.1, 0.15) is 4.88 Å². The van der Waals surface area contributed by atoms with Gasteiger partial charge in [0.05, 0.1) is 19.9 Å². The molecule has 7 heteroatoms. The van der Waals surface area contributed by atoms with Crippen LogP contribution in [0.3, 0.4) is 0 Å². The van der Waals surface area contributed by atoms with Crippen molar-refractivity contribution in [2.24, 2.45) is 0 Å². The minimum absolute atomic E-state index is 0.212. The first-order valence-electron chi connectivity index (χ1n) is 8.76. The lowest BCUT2D eigenvalue weighted by Crippen LogP contribution is -2.11. The number of nitrogens with zero attached hydrogens (tertiary/aromatic N) is 1. The van der Waals surface area contributed by atoms with Gasteiger partial charge >= 0.3 is 0 Å². The number of aryl methyl sites for hydroxylation is 3. The first-order valence-corrected chi connectivity index (χ1v) is 9.58. The molecule has 2 aromatic carbocycles. The van der Waals surface area contributed by atoms with Crippen LogP contribution in [0.5, 0.6) is 11.5 Å². The predicted octanol–water partition coefficient (Wildman–Crippen LogP) is 5.08. The van der Waals surface area contributed by atoms with E-state index in [0.717, 1.165) is 11.3 Å². The van der Waals surface area contributed by atoms with E-state index in [-0.39, 0.29) is 5.91 Å². The van der Waals surface area contributed by atoms with Crippen molar-refractivity contribution in [3.8, 4) is 11.5 Å². The molecule has 1 aromatic heterocycles. The van der Waals surface area contributed by atoms with Crippen LogP contribution in [0.15, 0.2) is 36.4 Å². The van der Waals surface area contributed by atoms with Crippen LogP contribution >= 0.6 is 11.3 Å². The Kier molecular flexibility index (Phi) is 5.84. The third kappa shape index (κ3) is 4.26. The topological polar surface area (TPSA) is 72.5 Å².